The molecule has 5 N–H and O–H groups in total. The Bertz CT molecular complexity index is 802. The summed E-state index contributed by atoms with van der Waals surface area (Å²) >= 11 is 0. The summed E-state index contributed by atoms with van der Waals surface area (Å²) in [6, 6.07) is 7.38. The van der Waals surface area contributed by atoms with Crippen molar-refractivity contribution < 1.29 is 0 Å². The summed E-state index contributed by atoms with van der Waals surface area (Å²) in [5.74, 6) is 0.469. The minimum atomic E-state index is -0.259. The standard InChI is InChI=1S/C13H13N5O/c1-15-8-3-2-4-9-11(8)18-12(17-9)10-7(14)5-6-16-13(10)19/h2-6,15H,1H3,(H,17,18)(H3,14,16,19). The number of aromatic amines is 2. The van der Waals surface area contributed by atoms with Crippen LogP contribution in [0.5, 0.6) is 0 Å². The molecule has 0 radical (unpaired) electrons. The molecule has 3 aromatic rings. The first-order valence-corrected chi connectivity index (χ1v) is 5.84. The molecule has 3 rings (SSSR count). The van der Waals surface area contributed by atoms with Crippen LogP contribution in [0.2, 0.25) is 0 Å². The summed E-state index contributed by atoms with van der Waals surface area (Å²) in [6.45, 7) is 0. The molecule has 6 heteroatoms. The lowest BCUT2D eigenvalue weighted by Gasteiger charge is -1.99. The van der Waals surface area contributed by atoms with Crippen molar-refractivity contribution in [3.63, 3.8) is 0 Å². The maximum atomic E-state index is 11.9. The summed E-state index contributed by atoms with van der Waals surface area (Å²) in [7, 11) is 1.83. The van der Waals surface area contributed by atoms with Crippen molar-refractivity contribution in [1.29, 1.82) is 0 Å². The molecule has 0 saturated heterocycles. The number of H-pyrrole nitrogens is 2. The first-order valence-electron chi connectivity index (χ1n) is 5.84. The van der Waals surface area contributed by atoms with Crippen molar-refractivity contribution in [1.82, 2.24) is 15.0 Å². The molecular weight excluding hydrogens is 242 g/mol. The second-order valence-electron chi connectivity index (χ2n) is 4.17. The fourth-order valence-corrected chi connectivity index (χ4v) is 2.09. The predicted molar refractivity (Wildman–Crippen MR) is 76.1 cm³/mol. The average molecular weight is 255 g/mol. The Kier molecular flexibility index (Phi) is 2.49. The highest BCUT2D eigenvalue weighted by atomic mass is 16.1. The summed E-state index contributed by atoms with van der Waals surface area (Å²) in [4.78, 5) is 22.0. The Morgan fingerprint density at radius 3 is 2.89 bits per heavy atom. The highest BCUT2D eigenvalue weighted by Gasteiger charge is 2.13. The molecule has 0 amide bonds. The topological polar surface area (TPSA) is 99.6 Å². The molecule has 0 unspecified atom stereocenters. The second kappa shape index (κ2) is 4.16. The van der Waals surface area contributed by atoms with Crippen molar-refractivity contribution in [3.8, 4) is 11.4 Å². The smallest absolute Gasteiger partial charge is 0.261 e. The van der Waals surface area contributed by atoms with Gasteiger partial charge >= 0.3 is 0 Å². The van der Waals surface area contributed by atoms with Crippen LogP contribution in [0, 0.1) is 0 Å². The highest BCUT2D eigenvalue weighted by molar-refractivity contribution is 5.91. The normalized spacial score (nSPS) is 10.8. The molecule has 0 aliphatic heterocycles. The third-order valence-corrected chi connectivity index (χ3v) is 3.01. The van der Waals surface area contributed by atoms with Crippen LogP contribution in [0.1, 0.15) is 0 Å². The number of nitrogens with zero attached hydrogens (tertiary/aromatic N) is 1. The number of anilines is 2. The van der Waals surface area contributed by atoms with E-state index in [9.17, 15) is 4.79 Å². The van der Waals surface area contributed by atoms with Crippen molar-refractivity contribution in [2.75, 3.05) is 18.1 Å². The Hall–Kier alpha value is -2.76. The zero-order valence-corrected chi connectivity index (χ0v) is 10.3. The number of hydrogen-bond donors (Lipinski definition) is 4. The van der Waals surface area contributed by atoms with Crippen LogP contribution >= 0.6 is 0 Å². The number of pyridine rings is 1. The SMILES string of the molecule is CNc1cccc2[nH]c(-c3c(N)cc[nH]c3=O)nc12. The summed E-state index contributed by atoms with van der Waals surface area (Å²) in [5.41, 5.74) is 8.88. The Morgan fingerprint density at radius 2 is 2.16 bits per heavy atom. The van der Waals surface area contributed by atoms with Gasteiger partial charge in [-0.25, -0.2) is 4.98 Å². The van der Waals surface area contributed by atoms with Gasteiger partial charge in [-0.05, 0) is 18.2 Å². The molecule has 0 spiro atoms. The zero-order chi connectivity index (χ0) is 13.4. The number of fused-ring (bicyclic) bond motifs is 1. The van der Waals surface area contributed by atoms with Gasteiger partial charge in [0.25, 0.3) is 5.56 Å². The van der Waals surface area contributed by atoms with E-state index in [2.05, 4.69) is 20.3 Å². The number of para-hydroxylation sites is 1. The third kappa shape index (κ3) is 1.74. The minimum Gasteiger partial charge on any atom is -0.398 e. The largest absolute Gasteiger partial charge is 0.398 e. The van der Waals surface area contributed by atoms with Crippen LogP contribution in [-0.2, 0) is 0 Å². The van der Waals surface area contributed by atoms with E-state index in [0.717, 1.165) is 16.7 Å². The molecule has 96 valence electrons. The van der Waals surface area contributed by atoms with Crippen molar-refractivity contribution in [3.05, 3.63) is 40.8 Å². The fourth-order valence-electron chi connectivity index (χ4n) is 2.09. The van der Waals surface area contributed by atoms with Crippen molar-refractivity contribution in [2.45, 2.75) is 0 Å². The predicted octanol–water partition coefficient (Wildman–Crippen LogP) is 1.54. The molecule has 2 heterocycles. The third-order valence-electron chi connectivity index (χ3n) is 3.01. The number of nitrogen functional groups attached to an aromatic ring is 1. The minimum absolute atomic E-state index is 0.259. The number of aromatic nitrogens is 3. The van der Waals surface area contributed by atoms with Crippen LogP contribution in [0.3, 0.4) is 0 Å². The number of hydrogen-bond acceptors (Lipinski definition) is 4. The van der Waals surface area contributed by atoms with Gasteiger partial charge in [-0.1, -0.05) is 6.07 Å². The molecule has 6 nitrogen and oxygen atoms in total. The number of rotatable bonds is 2. The Morgan fingerprint density at radius 1 is 1.32 bits per heavy atom. The van der Waals surface area contributed by atoms with Crippen LogP contribution in [-0.4, -0.2) is 22.0 Å². The summed E-state index contributed by atoms with van der Waals surface area (Å²) in [5, 5.41) is 3.06. The van der Waals surface area contributed by atoms with Crippen LogP contribution in [0.15, 0.2) is 35.3 Å². The quantitative estimate of drug-likeness (QED) is 0.558. The number of imidazole rings is 1. The van der Waals surface area contributed by atoms with E-state index in [1.165, 1.54) is 6.20 Å². The van der Waals surface area contributed by atoms with E-state index in [0.29, 0.717) is 17.1 Å². The molecular formula is C13H13N5O. The van der Waals surface area contributed by atoms with Crippen LogP contribution in [0.4, 0.5) is 11.4 Å². The number of nitrogens with one attached hydrogen (secondary N) is 3. The van der Waals surface area contributed by atoms with Gasteiger partial charge in [0.2, 0.25) is 0 Å². The molecule has 0 atom stereocenters. The van der Waals surface area contributed by atoms with Gasteiger partial charge < -0.3 is 21.0 Å². The van der Waals surface area contributed by atoms with E-state index >= 15 is 0 Å². The molecule has 0 aliphatic carbocycles. The molecule has 19 heavy (non-hydrogen) atoms. The fraction of sp³-hybridized carbons (Fsp3) is 0.0769. The average Bonchev–Trinajstić information content (AvgIpc) is 2.81. The van der Waals surface area contributed by atoms with E-state index in [1.54, 1.807) is 6.07 Å². The van der Waals surface area contributed by atoms with Gasteiger partial charge in [-0.15, -0.1) is 0 Å². The second-order valence-corrected chi connectivity index (χ2v) is 4.17. The van der Waals surface area contributed by atoms with Crippen LogP contribution in [0.25, 0.3) is 22.4 Å². The maximum Gasteiger partial charge on any atom is 0.261 e. The lowest BCUT2D eigenvalue weighted by molar-refractivity contribution is 1.21. The lowest BCUT2D eigenvalue weighted by atomic mass is 10.2. The van der Waals surface area contributed by atoms with Gasteiger partial charge in [0.05, 0.1) is 11.2 Å². The van der Waals surface area contributed by atoms with Gasteiger partial charge in [0.15, 0.2) is 0 Å². The van der Waals surface area contributed by atoms with Gasteiger partial charge in [0.1, 0.15) is 16.9 Å². The van der Waals surface area contributed by atoms with Crippen molar-refractivity contribution >= 4 is 22.4 Å². The maximum absolute atomic E-state index is 11.9. The van der Waals surface area contributed by atoms with Gasteiger partial charge in [-0.2, -0.15) is 0 Å². The highest BCUT2D eigenvalue weighted by Crippen LogP contribution is 2.26. The lowest BCUT2D eigenvalue weighted by Crippen LogP contribution is -2.11. The molecule has 0 fully saturated rings. The zero-order valence-electron chi connectivity index (χ0n) is 10.3. The number of nitrogens with two attached hydrogens (primary N) is 1. The van der Waals surface area contributed by atoms with E-state index in [4.69, 9.17) is 5.73 Å². The summed E-state index contributed by atoms with van der Waals surface area (Å²) in [6.07, 6.45) is 1.52. The Labute approximate surface area is 108 Å². The molecule has 0 aliphatic rings. The van der Waals surface area contributed by atoms with Crippen molar-refractivity contribution in [2.24, 2.45) is 0 Å². The van der Waals surface area contributed by atoms with E-state index in [-0.39, 0.29) is 5.56 Å². The first-order chi connectivity index (χ1) is 9.20. The molecule has 0 bridgehead atoms. The van der Waals surface area contributed by atoms with Crippen LogP contribution < -0.4 is 16.6 Å². The van der Waals surface area contributed by atoms with E-state index < -0.39 is 0 Å². The van der Waals surface area contributed by atoms with E-state index in [1.807, 2.05) is 25.2 Å². The Balaban J connectivity index is 2.30. The molecule has 1 aromatic carbocycles. The number of benzene rings is 1. The summed E-state index contributed by atoms with van der Waals surface area (Å²) < 4.78 is 0. The monoisotopic (exact) mass is 255 g/mol. The van der Waals surface area contributed by atoms with Gasteiger partial charge in [-0.3, -0.25) is 4.79 Å². The molecule has 0 saturated carbocycles. The first kappa shape index (κ1) is 11.3. The van der Waals surface area contributed by atoms with Gasteiger partial charge in [0, 0.05) is 18.9 Å². The molecule has 2 aromatic heterocycles.